The van der Waals surface area contributed by atoms with E-state index in [-0.39, 0.29) is 16.9 Å². The van der Waals surface area contributed by atoms with Crippen molar-refractivity contribution in [2.24, 2.45) is 0 Å². The lowest BCUT2D eigenvalue weighted by atomic mass is 10.1. The Kier molecular flexibility index (Phi) is 4.29. The van der Waals surface area contributed by atoms with Crippen LogP contribution in [0.1, 0.15) is 10.4 Å². The molecule has 0 saturated heterocycles. The third-order valence-electron chi connectivity index (χ3n) is 2.85. The summed E-state index contributed by atoms with van der Waals surface area (Å²) in [7, 11) is 3.65. The minimum absolute atomic E-state index is 0.203. The van der Waals surface area contributed by atoms with Gasteiger partial charge in [-0.1, -0.05) is 18.2 Å². The summed E-state index contributed by atoms with van der Waals surface area (Å²) < 4.78 is 0. The van der Waals surface area contributed by atoms with Gasteiger partial charge in [0.2, 0.25) is 0 Å². The monoisotopic (exact) mass is 288 g/mol. The minimum Gasteiger partial charge on any atom is -0.383 e. The van der Waals surface area contributed by atoms with Gasteiger partial charge >= 0.3 is 0 Å². The van der Waals surface area contributed by atoms with Crippen LogP contribution < -0.4 is 5.56 Å². The standard InChI is InChI=1S/C15H16N2O2S/c1-17(2)9-8-12(18)13-14(20-3)10-6-4-5-7-11(10)16-15(13)19/h4-9H,1-3H3,(H,16,19)/b9-8+. The molecule has 0 amide bonds. The van der Waals surface area contributed by atoms with E-state index in [1.807, 2.05) is 44.6 Å². The molecule has 0 aliphatic carbocycles. The van der Waals surface area contributed by atoms with Crippen LogP contribution in [0.2, 0.25) is 0 Å². The van der Waals surface area contributed by atoms with Gasteiger partial charge in [0, 0.05) is 42.2 Å². The second-order valence-electron chi connectivity index (χ2n) is 4.55. The van der Waals surface area contributed by atoms with Crippen LogP contribution in [0.3, 0.4) is 0 Å². The number of carbonyl (C=O) groups excluding carboxylic acids is 1. The molecule has 0 fully saturated rings. The number of fused-ring (bicyclic) bond motifs is 1. The van der Waals surface area contributed by atoms with Gasteiger partial charge in [0.05, 0.1) is 0 Å². The van der Waals surface area contributed by atoms with Crippen molar-refractivity contribution in [1.82, 2.24) is 9.88 Å². The van der Waals surface area contributed by atoms with Gasteiger partial charge in [-0.25, -0.2) is 0 Å². The first-order valence-electron chi connectivity index (χ1n) is 6.12. The summed E-state index contributed by atoms with van der Waals surface area (Å²) >= 11 is 1.41. The molecule has 1 aromatic carbocycles. The number of para-hydroxylation sites is 1. The summed E-state index contributed by atoms with van der Waals surface area (Å²) in [4.78, 5) is 29.6. The Bertz CT molecular complexity index is 732. The number of aromatic nitrogens is 1. The first-order valence-corrected chi connectivity index (χ1v) is 7.35. The van der Waals surface area contributed by atoms with Gasteiger partial charge < -0.3 is 9.88 Å². The molecule has 0 saturated carbocycles. The predicted octanol–water partition coefficient (Wildman–Crippen LogP) is 2.51. The van der Waals surface area contributed by atoms with Crippen molar-refractivity contribution in [1.29, 1.82) is 0 Å². The van der Waals surface area contributed by atoms with Crippen LogP contribution in [-0.2, 0) is 0 Å². The Balaban J connectivity index is 2.66. The number of hydrogen-bond donors (Lipinski definition) is 1. The van der Waals surface area contributed by atoms with Crippen LogP contribution in [0.25, 0.3) is 10.9 Å². The minimum atomic E-state index is -0.346. The number of H-pyrrole nitrogens is 1. The van der Waals surface area contributed by atoms with E-state index in [9.17, 15) is 9.59 Å². The quantitative estimate of drug-likeness (QED) is 0.533. The molecule has 2 rings (SSSR count). The molecule has 0 aliphatic rings. The Labute approximate surface area is 121 Å². The number of ketones is 1. The first-order chi connectivity index (χ1) is 9.54. The van der Waals surface area contributed by atoms with E-state index in [0.29, 0.717) is 0 Å². The lowest BCUT2D eigenvalue weighted by Gasteiger charge is -2.08. The highest BCUT2D eigenvalue weighted by atomic mass is 32.2. The third-order valence-corrected chi connectivity index (χ3v) is 3.68. The van der Waals surface area contributed by atoms with Crippen molar-refractivity contribution < 1.29 is 4.79 Å². The van der Waals surface area contributed by atoms with Gasteiger partial charge in [-0.3, -0.25) is 9.59 Å². The van der Waals surface area contributed by atoms with Crippen LogP contribution in [0.5, 0.6) is 0 Å². The summed E-state index contributed by atoms with van der Waals surface area (Å²) in [5.74, 6) is -0.282. The summed E-state index contributed by atoms with van der Waals surface area (Å²) in [5.41, 5.74) is 0.603. The zero-order chi connectivity index (χ0) is 14.7. The number of benzene rings is 1. The van der Waals surface area contributed by atoms with E-state index >= 15 is 0 Å². The van der Waals surface area contributed by atoms with Gasteiger partial charge in [-0.2, -0.15) is 0 Å². The lowest BCUT2D eigenvalue weighted by molar-refractivity contribution is 0.104. The van der Waals surface area contributed by atoms with Crippen LogP contribution >= 0.6 is 11.8 Å². The number of aromatic amines is 1. The van der Waals surface area contributed by atoms with Crippen LogP contribution in [0.15, 0.2) is 46.2 Å². The van der Waals surface area contributed by atoms with Gasteiger partial charge in [-0.15, -0.1) is 11.8 Å². The first kappa shape index (κ1) is 14.4. The third kappa shape index (κ3) is 2.77. The van der Waals surface area contributed by atoms with E-state index in [0.717, 1.165) is 15.8 Å². The lowest BCUT2D eigenvalue weighted by Crippen LogP contribution is -2.18. The molecule has 0 atom stereocenters. The molecule has 0 unspecified atom stereocenters. The van der Waals surface area contributed by atoms with Crippen LogP contribution in [-0.4, -0.2) is 36.0 Å². The molecule has 20 heavy (non-hydrogen) atoms. The van der Waals surface area contributed by atoms with E-state index < -0.39 is 0 Å². The molecule has 1 heterocycles. The van der Waals surface area contributed by atoms with Crippen LogP contribution in [0.4, 0.5) is 0 Å². The maximum absolute atomic E-state index is 12.2. The smallest absolute Gasteiger partial charge is 0.260 e. The number of nitrogens with one attached hydrogen (secondary N) is 1. The maximum atomic E-state index is 12.2. The van der Waals surface area contributed by atoms with Crippen LogP contribution in [0, 0.1) is 0 Å². The number of thioether (sulfide) groups is 1. The molecule has 2 aromatic rings. The molecule has 0 spiro atoms. The molecular formula is C15H16N2O2S. The summed E-state index contributed by atoms with van der Waals surface area (Å²) in [6.07, 6.45) is 4.92. The van der Waals surface area contributed by atoms with E-state index in [1.165, 1.54) is 17.8 Å². The molecule has 1 aromatic heterocycles. The Morgan fingerprint density at radius 2 is 2.00 bits per heavy atom. The van der Waals surface area contributed by atoms with Crippen molar-refractivity contribution in [2.45, 2.75) is 4.90 Å². The van der Waals surface area contributed by atoms with Crippen molar-refractivity contribution >= 4 is 28.4 Å². The topological polar surface area (TPSA) is 53.2 Å². The predicted molar refractivity (Wildman–Crippen MR) is 83.5 cm³/mol. The van der Waals surface area contributed by atoms with E-state index in [2.05, 4.69) is 4.98 Å². The highest BCUT2D eigenvalue weighted by molar-refractivity contribution is 7.99. The Morgan fingerprint density at radius 3 is 2.65 bits per heavy atom. The highest BCUT2D eigenvalue weighted by Gasteiger charge is 2.16. The zero-order valence-electron chi connectivity index (χ0n) is 11.6. The average molecular weight is 288 g/mol. The number of rotatable bonds is 4. The average Bonchev–Trinajstić information content (AvgIpc) is 2.43. The van der Waals surface area contributed by atoms with Gasteiger partial charge in [-0.05, 0) is 12.3 Å². The fourth-order valence-electron chi connectivity index (χ4n) is 1.95. The Morgan fingerprint density at radius 1 is 1.30 bits per heavy atom. The SMILES string of the molecule is CSc1c(C(=O)/C=C/N(C)C)c(=O)[nH]c2ccccc12. The van der Waals surface area contributed by atoms with Gasteiger partial charge in [0.25, 0.3) is 5.56 Å². The number of pyridine rings is 1. The second kappa shape index (κ2) is 5.96. The molecule has 0 radical (unpaired) electrons. The molecule has 5 heteroatoms. The second-order valence-corrected chi connectivity index (χ2v) is 5.37. The molecule has 0 bridgehead atoms. The molecule has 4 nitrogen and oxygen atoms in total. The van der Waals surface area contributed by atoms with Crippen molar-refractivity contribution in [3.63, 3.8) is 0 Å². The summed E-state index contributed by atoms with van der Waals surface area (Å²) in [6.45, 7) is 0. The van der Waals surface area contributed by atoms with E-state index in [4.69, 9.17) is 0 Å². The molecular weight excluding hydrogens is 272 g/mol. The maximum Gasteiger partial charge on any atom is 0.260 e. The largest absolute Gasteiger partial charge is 0.383 e. The summed E-state index contributed by atoms with van der Waals surface area (Å²) in [5, 5.41) is 0.890. The highest BCUT2D eigenvalue weighted by Crippen LogP contribution is 2.27. The van der Waals surface area contributed by atoms with Crippen molar-refractivity contribution in [3.8, 4) is 0 Å². The zero-order valence-corrected chi connectivity index (χ0v) is 12.5. The van der Waals surface area contributed by atoms with Gasteiger partial charge in [0.15, 0.2) is 5.78 Å². The van der Waals surface area contributed by atoms with Crippen molar-refractivity contribution in [3.05, 3.63) is 52.5 Å². The normalized spacial score (nSPS) is 11.2. The molecule has 1 N–H and O–H groups in total. The van der Waals surface area contributed by atoms with Gasteiger partial charge in [0.1, 0.15) is 5.56 Å². The van der Waals surface area contributed by atoms with Crippen molar-refractivity contribution in [2.75, 3.05) is 20.4 Å². The number of carbonyl (C=O) groups is 1. The fraction of sp³-hybridized carbons (Fsp3) is 0.200. The fourth-order valence-corrected chi connectivity index (χ4v) is 2.74. The Hall–Kier alpha value is -2.01. The number of allylic oxidation sites excluding steroid dienone is 1. The summed E-state index contributed by atoms with van der Waals surface area (Å²) in [6, 6.07) is 7.49. The number of nitrogens with zero attached hydrogens (tertiary/aromatic N) is 1. The molecule has 104 valence electrons. The molecule has 0 aliphatic heterocycles. The number of hydrogen-bond acceptors (Lipinski definition) is 4. The van der Waals surface area contributed by atoms with E-state index in [1.54, 1.807) is 11.1 Å².